The molecule has 0 saturated carbocycles. The lowest BCUT2D eigenvalue weighted by molar-refractivity contribution is 0.575. The van der Waals surface area contributed by atoms with E-state index in [1.165, 1.54) is 12.3 Å². The summed E-state index contributed by atoms with van der Waals surface area (Å²) >= 11 is 5.81. The molecule has 1 aromatic heterocycles. The van der Waals surface area contributed by atoms with Gasteiger partial charge in [0, 0.05) is 6.20 Å². The van der Waals surface area contributed by atoms with Gasteiger partial charge in [0.05, 0.1) is 5.02 Å². The Kier molecular flexibility index (Phi) is 3.04. The predicted octanol–water partition coefficient (Wildman–Crippen LogP) is 3.07. The van der Waals surface area contributed by atoms with Crippen molar-refractivity contribution in [3.63, 3.8) is 0 Å². The number of nitrogens with zero attached hydrogens (tertiary/aromatic N) is 1. The molecule has 0 unspecified atom stereocenters. The quantitative estimate of drug-likeness (QED) is 0.649. The summed E-state index contributed by atoms with van der Waals surface area (Å²) in [6.45, 7) is 4.13. The lowest BCUT2D eigenvalue weighted by atomic mass is 10.0. The number of rotatable bonds is 2. The van der Waals surface area contributed by atoms with Crippen molar-refractivity contribution < 1.29 is 4.39 Å². The van der Waals surface area contributed by atoms with Crippen LogP contribution in [0.1, 0.15) is 19.4 Å². The molecule has 0 aliphatic heterocycles. The van der Waals surface area contributed by atoms with Crippen LogP contribution in [-0.4, -0.2) is 4.98 Å². The highest BCUT2D eigenvalue weighted by Crippen LogP contribution is 2.18. The maximum Gasteiger partial charge on any atom is 0.213 e. The van der Waals surface area contributed by atoms with E-state index in [0.29, 0.717) is 10.9 Å². The normalized spacial score (nSPS) is 10.8. The number of halogens is 2. The molecule has 1 heterocycles. The van der Waals surface area contributed by atoms with Crippen molar-refractivity contribution in [2.45, 2.75) is 20.3 Å². The number of hydrogen-bond donors (Lipinski definition) is 0. The van der Waals surface area contributed by atoms with Gasteiger partial charge in [0.15, 0.2) is 0 Å². The van der Waals surface area contributed by atoms with Gasteiger partial charge in [-0.25, -0.2) is 4.98 Å². The molecule has 1 rings (SSSR count). The van der Waals surface area contributed by atoms with E-state index in [9.17, 15) is 4.39 Å². The molecule has 3 heteroatoms. The first-order valence-electron chi connectivity index (χ1n) is 3.89. The zero-order chi connectivity index (χ0) is 9.14. The SMILES string of the molecule is CC(C)Cc1cc(F)ncc1Cl. The number of hydrogen-bond acceptors (Lipinski definition) is 1. The molecular formula is C9H11ClFN. The van der Waals surface area contributed by atoms with E-state index in [-0.39, 0.29) is 0 Å². The Bertz CT molecular complexity index is 273. The van der Waals surface area contributed by atoms with Gasteiger partial charge in [-0.2, -0.15) is 4.39 Å². The summed E-state index contributed by atoms with van der Waals surface area (Å²) in [6.07, 6.45) is 2.15. The van der Waals surface area contributed by atoms with Crippen LogP contribution in [0.5, 0.6) is 0 Å². The first-order valence-corrected chi connectivity index (χ1v) is 4.27. The molecule has 66 valence electrons. The van der Waals surface area contributed by atoms with Gasteiger partial charge in [-0.15, -0.1) is 0 Å². The fraction of sp³-hybridized carbons (Fsp3) is 0.444. The van der Waals surface area contributed by atoms with Gasteiger partial charge in [-0.3, -0.25) is 0 Å². The highest BCUT2D eigenvalue weighted by atomic mass is 35.5. The second-order valence-corrected chi connectivity index (χ2v) is 3.60. The largest absolute Gasteiger partial charge is 0.227 e. The topological polar surface area (TPSA) is 12.9 Å². The van der Waals surface area contributed by atoms with E-state index in [0.717, 1.165) is 12.0 Å². The minimum atomic E-state index is -0.463. The molecule has 0 saturated heterocycles. The molecule has 0 fully saturated rings. The maximum atomic E-state index is 12.6. The van der Waals surface area contributed by atoms with E-state index in [1.54, 1.807) is 0 Å². The van der Waals surface area contributed by atoms with Gasteiger partial charge in [0.2, 0.25) is 5.95 Å². The Morgan fingerprint density at radius 3 is 2.83 bits per heavy atom. The van der Waals surface area contributed by atoms with Crippen molar-refractivity contribution in [2.24, 2.45) is 5.92 Å². The zero-order valence-electron chi connectivity index (χ0n) is 7.14. The van der Waals surface area contributed by atoms with Gasteiger partial charge in [-0.1, -0.05) is 25.4 Å². The fourth-order valence-electron chi connectivity index (χ4n) is 1.05. The van der Waals surface area contributed by atoms with Crippen LogP contribution in [0.4, 0.5) is 4.39 Å². The lowest BCUT2D eigenvalue weighted by Gasteiger charge is -2.05. The second-order valence-electron chi connectivity index (χ2n) is 3.20. The van der Waals surface area contributed by atoms with Crippen LogP contribution in [0.25, 0.3) is 0 Å². The van der Waals surface area contributed by atoms with Crippen LogP contribution in [0.2, 0.25) is 5.02 Å². The first-order chi connectivity index (χ1) is 5.59. The van der Waals surface area contributed by atoms with Gasteiger partial charge in [-0.05, 0) is 24.0 Å². The minimum Gasteiger partial charge on any atom is -0.227 e. The molecule has 0 atom stereocenters. The highest BCUT2D eigenvalue weighted by molar-refractivity contribution is 6.31. The minimum absolute atomic E-state index is 0.463. The molecule has 0 spiro atoms. The van der Waals surface area contributed by atoms with E-state index in [1.807, 2.05) is 0 Å². The summed E-state index contributed by atoms with van der Waals surface area (Å²) < 4.78 is 12.6. The molecule has 0 N–H and O–H groups in total. The summed E-state index contributed by atoms with van der Waals surface area (Å²) in [6, 6.07) is 1.39. The average Bonchev–Trinajstić information content (AvgIpc) is 1.96. The molecule has 1 aromatic rings. The molecular weight excluding hydrogens is 177 g/mol. The third-order valence-corrected chi connectivity index (χ3v) is 1.87. The number of aromatic nitrogens is 1. The highest BCUT2D eigenvalue weighted by Gasteiger charge is 2.04. The third kappa shape index (κ3) is 2.45. The lowest BCUT2D eigenvalue weighted by Crippen LogP contribution is -1.96. The van der Waals surface area contributed by atoms with Gasteiger partial charge in [0.1, 0.15) is 0 Å². The van der Waals surface area contributed by atoms with Crippen molar-refractivity contribution in [2.75, 3.05) is 0 Å². The monoisotopic (exact) mass is 187 g/mol. The van der Waals surface area contributed by atoms with Gasteiger partial charge < -0.3 is 0 Å². The van der Waals surface area contributed by atoms with Crippen LogP contribution in [0.3, 0.4) is 0 Å². The third-order valence-electron chi connectivity index (χ3n) is 1.53. The van der Waals surface area contributed by atoms with Crippen LogP contribution in [-0.2, 0) is 6.42 Å². The smallest absolute Gasteiger partial charge is 0.213 e. The Hall–Kier alpha value is -0.630. The van der Waals surface area contributed by atoms with E-state index < -0.39 is 5.95 Å². The summed E-state index contributed by atoms with van der Waals surface area (Å²) in [5, 5.41) is 0.546. The van der Waals surface area contributed by atoms with E-state index in [2.05, 4.69) is 18.8 Å². The molecule has 1 nitrogen and oxygen atoms in total. The van der Waals surface area contributed by atoms with E-state index >= 15 is 0 Å². The molecule has 0 bridgehead atoms. The van der Waals surface area contributed by atoms with Crippen LogP contribution in [0.15, 0.2) is 12.3 Å². The average molecular weight is 188 g/mol. The summed E-state index contributed by atoms with van der Waals surface area (Å²) in [7, 11) is 0. The molecule has 0 aromatic carbocycles. The molecule has 12 heavy (non-hydrogen) atoms. The summed E-state index contributed by atoms with van der Waals surface area (Å²) in [5.74, 6) is 0.0133. The Morgan fingerprint density at radius 2 is 2.25 bits per heavy atom. The fourth-order valence-corrected chi connectivity index (χ4v) is 1.23. The van der Waals surface area contributed by atoms with Crippen LogP contribution < -0.4 is 0 Å². The van der Waals surface area contributed by atoms with Crippen molar-refractivity contribution in [1.82, 2.24) is 4.98 Å². The van der Waals surface area contributed by atoms with Crippen molar-refractivity contribution in [1.29, 1.82) is 0 Å². The van der Waals surface area contributed by atoms with Gasteiger partial charge in [0.25, 0.3) is 0 Å². The maximum absolute atomic E-state index is 12.6. The molecule has 0 amide bonds. The Morgan fingerprint density at radius 1 is 1.58 bits per heavy atom. The Balaban J connectivity index is 2.90. The van der Waals surface area contributed by atoms with E-state index in [4.69, 9.17) is 11.6 Å². The predicted molar refractivity (Wildman–Crippen MR) is 47.7 cm³/mol. The molecule has 0 aliphatic rings. The summed E-state index contributed by atoms with van der Waals surface area (Å²) in [4.78, 5) is 3.45. The van der Waals surface area contributed by atoms with Gasteiger partial charge >= 0.3 is 0 Å². The van der Waals surface area contributed by atoms with Crippen molar-refractivity contribution in [3.8, 4) is 0 Å². The molecule has 0 aliphatic carbocycles. The first kappa shape index (κ1) is 9.46. The number of pyridine rings is 1. The standard InChI is InChI=1S/C9H11ClFN/c1-6(2)3-7-4-9(11)12-5-8(7)10/h4-6H,3H2,1-2H3. The van der Waals surface area contributed by atoms with Crippen LogP contribution in [0, 0.1) is 11.9 Å². The van der Waals surface area contributed by atoms with Crippen molar-refractivity contribution >= 4 is 11.6 Å². The zero-order valence-corrected chi connectivity index (χ0v) is 7.90. The Labute approximate surface area is 76.6 Å². The second kappa shape index (κ2) is 3.85. The van der Waals surface area contributed by atoms with Crippen LogP contribution >= 0.6 is 11.6 Å². The van der Waals surface area contributed by atoms with Crippen molar-refractivity contribution in [3.05, 3.63) is 28.8 Å². The molecule has 0 radical (unpaired) electrons. The summed E-state index contributed by atoms with van der Waals surface area (Å²) in [5.41, 5.74) is 0.833.